The molecule has 2 rings (SSSR count). The Balaban J connectivity index is 2.07. The molecule has 4 nitrogen and oxygen atoms in total. The number of amides is 1. The van der Waals surface area contributed by atoms with Crippen LogP contribution in [0.2, 0.25) is 0 Å². The van der Waals surface area contributed by atoms with Crippen LogP contribution in [0.25, 0.3) is 0 Å². The summed E-state index contributed by atoms with van der Waals surface area (Å²) in [5, 5.41) is 1.43. The van der Waals surface area contributed by atoms with Gasteiger partial charge in [-0.15, -0.1) is 0 Å². The summed E-state index contributed by atoms with van der Waals surface area (Å²) in [6, 6.07) is 3.39. The lowest BCUT2D eigenvalue weighted by Gasteiger charge is -2.25. The Kier molecular flexibility index (Phi) is 2.74. The fraction of sp³-hybridized carbons (Fsp3) is 0.400. The monoisotopic (exact) mass is 192 g/mol. The minimum absolute atomic E-state index is 0.0768. The molecule has 0 aliphatic carbocycles. The average Bonchev–Trinajstić information content (AvgIpc) is 2.30. The molecule has 2 heterocycles. The molecule has 1 fully saturated rings. The number of hydrogen-bond donors (Lipinski definition) is 0. The maximum Gasteiger partial charge on any atom is 0.277 e. The average molecular weight is 192 g/mol. The lowest BCUT2D eigenvalue weighted by atomic mass is 10.2. The van der Waals surface area contributed by atoms with Crippen molar-refractivity contribution < 1.29 is 9.63 Å². The number of pyridine rings is 1. The van der Waals surface area contributed by atoms with Gasteiger partial charge in [0.25, 0.3) is 5.91 Å². The normalized spacial score (nSPS) is 16.7. The molecule has 1 aliphatic heterocycles. The Morgan fingerprint density at radius 1 is 1.36 bits per heavy atom. The third-order valence-corrected chi connectivity index (χ3v) is 2.16. The minimum atomic E-state index is -0.0768. The summed E-state index contributed by atoms with van der Waals surface area (Å²) in [5.41, 5.74) is 0.627. The van der Waals surface area contributed by atoms with Gasteiger partial charge in [0.15, 0.2) is 0 Å². The van der Waals surface area contributed by atoms with Crippen LogP contribution in [0.3, 0.4) is 0 Å². The Morgan fingerprint density at radius 2 is 2.14 bits per heavy atom. The number of rotatable bonds is 1. The lowest BCUT2D eigenvalue weighted by Crippen LogP contribution is -2.35. The van der Waals surface area contributed by atoms with Crippen molar-refractivity contribution in [1.29, 1.82) is 0 Å². The van der Waals surface area contributed by atoms with Crippen molar-refractivity contribution in [2.75, 3.05) is 13.2 Å². The zero-order valence-electron chi connectivity index (χ0n) is 7.85. The molecule has 0 radical (unpaired) electrons. The first-order chi connectivity index (χ1) is 6.88. The summed E-state index contributed by atoms with van der Waals surface area (Å²) in [6.07, 6.45) is 5.26. The van der Waals surface area contributed by atoms with E-state index in [4.69, 9.17) is 4.84 Å². The maximum absolute atomic E-state index is 11.8. The molecule has 0 unspecified atom stereocenters. The predicted octanol–water partition coefficient (Wildman–Crippen LogP) is 1.25. The molecule has 4 heteroatoms. The molecule has 74 valence electrons. The summed E-state index contributed by atoms with van der Waals surface area (Å²) in [4.78, 5) is 20.9. The molecule has 14 heavy (non-hydrogen) atoms. The van der Waals surface area contributed by atoms with Crippen molar-refractivity contribution >= 4 is 5.91 Å². The minimum Gasteiger partial charge on any atom is -0.271 e. The molecule has 0 saturated carbocycles. The van der Waals surface area contributed by atoms with E-state index in [0.29, 0.717) is 18.7 Å². The van der Waals surface area contributed by atoms with Crippen LogP contribution in [0.1, 0.15) is 23.2 Å². The van der Waals surface area contributed by atoms with Gasteiger partial charge in [0.05, 0.1) is 6.61 Å². The van der Waals surface area contributed by atoms with Gasteiger partial charge in [-0.2, -0.15) is 0 Å². The molecular weight excluding hydrogens is 180 g/mol. The SMILES string of the molecule is O=C(c1ccncc1)N1CCCCO1. The topological polar surface area (TPSA) is 42.4 Å². The van der Waals surface area contributed by atoms with Gasteiger partial charge in [0.1, 0.15) is 0 Å². The first-order valence-corrected chi connectivity index (χ1v) is 4.73. The largest absolute Gasteiger partial charge is 0.277 e. The Morgan fingerprint density at radius 3 is 2.79 bits per heavy atom. The third-order valence-electron chi connectivity index (χ3n) is 2.16. The van der Waals surface area contributed by atoms with Gasteiger partial charge in [-0.1, -0.05) is 0 Å². The van der Waals surface area contributed by atoms with E-state index >= 15 is 0 Å². The molecule has 1 amide bonds. The van der Waals surface area contributed by atoms with E-state index in [1.54, 1.807) is 24.5 Å². The fourth-order valence-electron chi connectivity index (χ4n) is 1.40. The number of nitrogens with zero attached hydrogens (tertiary/aromatic N) is 2. The van der Waals surface area contributed by atoms with Crippen LogP contribution in [-0.2, 0) is 4.84 Å². The lowest BCUT2D eigenvalue weighted by molar-refractivity contribution is -0.144. The van der Waals surface area contributed by atoms with Crippen molar-refractivity contribution in [2.24, 2.45) is 0 Å². The van der Waals surface area contributed by atoms with Gasteiger partial charge in [0, 0.05) is 24.5 Å². The van der Waals surface area contributed by atoms with E-state index in [9.17, 15) is 4.79 Å². The van der Waals surface area contributed by atoms with Gasteiger partial charge in [-0.25, -0.2) is 5.06 Å². The van der Waals surface area contributed by atoms with E-state index in [1.807, 2.05) is 0 Å². The highest BCUT2D eigenvalue weighted by molar-refractivity contribution is 5.93. The van der Waals surface area contributed by atoms with Crippen molar-refractivity contribution in [2.45, 2.75) is 12.8 Å². The highest BCUT2D eigenvalue weighted by Crippen LogP contribution is 2.10. The van der Waals surface area contributed by atoms with E-state index < -0.39 is 0 Å². The Bertz CT molecular complexity index is 307. The quantitative estimate of drug-likeness (QED) is 0.672. The second-order valence-corrected chi connectivity index (χ2v) is 3.18. The van der Waals surface area contributed by atoms with Gasteiger partial charge < -0.3 is 0 Å². The van der Waals surface area contributed by atoms with Crippen LogP contribution in [0, 0.1) is 0 Å². The molecule has 0 N–H and O–H groups in total. The molecule has 0 spiro atoms. The van der Waals surface area contributed by atoms with E-state index in [1.165, 1.54) is 5.06 Å². The van der Waals surface area contributed by atoms with Gasteiger partial charge in [-0.3, -0.25) is 14.6 Å². The van der Waals surface area contributed by atoms with E-state index in [-0.39, 0.29) is 5.91 Å². The van der Waals surface area contributed by atoms with E-state index in [2.05, 4.69) is 4.98 Å². The van der Waals surface area contributed by atoms with Crippen LogP contribution >= 0.6 is 0 Å². The number of carbonyl (C=O) groups excluding carboxylic acids is 1. The second-order valence-electron chi connectivity index (χ2n) is 3.18. The first-order valence-electron chi connectivity index (χ1n) is 4.73. The van der Waals surface area contributed by atoms with Crippen LogP contribution in [0.5, 0.6) is 0 Å². The molecular formula is C10H12N2O2. The van der Waals surface area contributed by atoms with Crippen molar-refractivity contribution in [3.05, 3.63) is 30.1 Å². The standard InChI is InChI=1S/C10H12N2O2/c13-10(9-3-5-11-6-4-9)12-7-1-2-8-14-12/h3-6H,1-2,7-8H2. The predicted molar refractivity (Wildman–Crippen MR) is 50.5 cm³/mol. The second kappa shape index (κ2) is 4.19. The van der Waals surface area contributed by atoms with Gasteiger partial charge >= 0.3 is 0 Å². The molecule has 0 aromatic carbocycles. The smallest absolute Gasteiger partial charge is 0.271 e. The van der Waals surface area contributed by atoms with Crippen LogP contribution < -0.4 is 0 Å². The third kappa shape index (κ3) is 1.90. The van der Waals surface area contributed by atoms with Crippen molar-refractivity contribution in [3.8, 4) is 0 Å². The zero-order chi connectivity index (χ0) is 9.80. The molecule has 0 bridgehead atoms. The molecule has 1 aromatic heterocycles. The van der Waals surface area contributed by atoms with Gasteiger partial charge in [0.2, 0.25) is 0 Å². The summed E-state index contributed by atoms with van der Waals surface area (Å²) in [6.45, 7) is 1.32. The Labute approximate surface area is 82.5 Å². The number of carbonyl (C=O) groups is 1. The summed E-state index contributed by atoms with van der Waals surface area (Å²) >= 11 is 0. The Hall–Kier alpha value is -1.42. The van der Waals surface area contributed by atoms with E-state index in [0.717, 1.165) is 12.8 Å². The summed E-state index contributed by atoms with van der Waals surface area (Å²) in [5.74, 6) is -0.0768. The first kappa shape index (κ1) is 9.15. The van der Waals surface area contributed by atoms with Crippen LogP contribution in [0.4, 0.5) is 0 Å². The van der Waals surface area contributed by atoms with Crippen LogP contribution in [0.15, 0.2) is 24.5 Å². The fourth-order valence-corrected chi connectivity index (χ4v) is 1.40. The highest BCUT2D eigenvalue weighted by atomic mass is 16.7. The number of hydroxylamine groups is 2. The molecule has 0 atom stereocenters. The molecule has 1 aromatic rings. The molecule has 1 aliphatic rings. The number of hydrogen-bond acceptors (Lipinski definition) is 3. The van der Waals surface area contributed by atoms with Gasteiger partial charge in [-0.05, 0) is 25.0 Å². The van der Waals surface area contributed by atoms with Crippen molar-refractivity contribution in [1.82, 2.24) is 10.0 Å². The zero-order valence-corrected chi connectivity index (χ0v) is 7.85. The van der Waals surface area contributed by atoms with Crippen LogP contribution in [-0.4, -0.2) is 29.1 Å². The summed E-state index contributed by atoms with van der Waals surface area (Å²) < 4.78 is 0. The molecule has 1 saturated heterocycles. The maximum atomic E-state index is 11.8. The highest BCUT2D eigenvalue weighted by Gasteiger charge is 2.18. The summed E-state index contributed by atoms with van der Waals surface area (Å²) in [7, 11) is 0. The number of aromatic nitrogens is 1. The van der Waals surface area contributed by atoms with Crippen molar-refractivity contribution in [3.63, 3.8) is 0 Å².